The number of halogens is 1. The fourth-order valence-corrected chi connectivity index (χ4v) is 2.41. The molecule has 22 heavy (non-hydrogen) atoms. The van der Waals surface area contributed by atoms with Crippen LogP contribution in [0, 0.1) is 11.2 Å². The van der Waals surface area contributed by atoms with Gasteiger partial charge in [-0.1, -0.05) is 6.07 Å². The molecule has 1 aromatic rings. The number of ether oxygens (including phenoxy) is 1. The van der Waals surface area contributed by atoms with E-state index >= 15 is 0 Å². The quantitative estimate of drug-likeness (QED) is 0.744. The lowest BCUT2D eigenvalue weighted by molar-refractivity contribution is -0.137. The van der Waals surface area contributed by atoms with E-state index in [1.165, 1.54) is 18.2 Å². The first-order valence-electron chi connectivity index (χ1n) is 7.17. The van der Waals surface area contributed by atoms with Crippen LogP contribution in [0.2, 0.25) is 0 Å². The van der Waals surface area contributed by atoms with Gasteiger partial charge in [0.1, 0.15) is 5.82 Å². The van der Waals surface area contributed by atoms with Crippen molar-refractivity contribution >= 4 is 17.5 Å². The van der Waals surface area contributed by atoms with Crippen molar-refractivity contribution in [2.45, 2.75) is 12.8 Å². The summed E-state index contributed by atoms with van der Waals surface area (Å²) in [6, 6.07) is 5.56. The van der Waals surface area contributed by atoms with Gasteiger partial charge in [-0.3, -0.25) is 9.59 Å². The van der Waals surface area contributed by atoms with Crippen LogP contribution in [0.5, 0.6) is 0 Å². The lowest BCUT2D eigenvalue weighted by Gasteiger charge is -2.34. The Morgan fingerprint density at radius 1 is 1.32 bits per heavy atom. The summed E-state index contributed by atoms with van der Waals surface area (Å²) in [7, 11) is 0. The highest BCUT2D eigenvalue weighted by Gasteiger charge is 2.38. The number of amides is 2. The molecule has 2 rings (SSSR count). The molecule has 0 saturated carbocycles. The highest BCUT2D eigenvalue weighted by Crippen LogP contribution is 2.29. The van der Waals surface area contributed by atoms with Gasteiger partial charge in [-0.15, -0.1) is 0 Å². The second-order valence-corrected chi connectivity index (χ2v) is 5.34. The Morgan fingerprint density at radius 2 is 2.05 bits per heavy atom. The predicted octanol–water partition coefficient (Wildman–Crippen LogP) is 0.636. The molecular weight excluding hydrogens is 289 g/mol. The fourth-order valence-electron chi connectivity index (χ4n) is 2.41. The zero-order valence-corrected chi connectivity index (χ0v) is 12.2. The van der Waals surface area contributed by atoms with Crippen LogP contribution in [0.4, 0.5) is 10.1 Å². The first kappa shape index (κ1) is 16.4. The Morgan fingerprint density at radius 3 is 2.68 bits per heavy atom. The second-order valence-electron chi connectivity index (χ2n) is 5.34. The van der Waals surface area contributed by atoms with Crippen LogP contribution in [-0.4, -0.2) is 38.1 Å². The highest BCUT2D eigenvalue weighted by atomic mass is 19.1. The summed E-state index contributed by atoms with van der Waals surface area (Å²) in [4.78, 5) is 24.1. The number of hydrogen-bond donors (Lipinski definition) is 3. The molecule has 1 heterocycles. The number of anilines is 1. The number of carbonyl (C=O) groups excluding carboxylic acids is 2. The summed E-state index contributed by atoms with van der Waals surface area (Å²) in [5.74, 6) is -1.10. The van der Waals surface area contributed by atoms with Gasteiger partial charge < -0.3 is 21.1 Å². The van der Waals surface area contributed by atoms with E-state index in [1.54, 1.807) is 6.07 Å². The molecule has 0 spiro atoms. The van der Waals surface area contributed by atoms with Crippen molar-refractivity contribution in [3.63, 3.8) is 0 Å². The first-order valence-corrected chi connectivity index (χ1v) is 7.17. The van der Waals surface area contributed by atoms with E-state index in [-0.39, 0.29) is 19.0 Å². The van der Waals surface area contributed by atoms with Crippen LogP contribution < -0.4 is 16.4 Å². The molecule has 120 valence electrons. The molecule has 0 radical (unpaired) electrons. The van der Waals surface area contributed by atoms with Crippen LogP contribution in [0.25, 0.3) is 0 Å². The van der Waals surface area contributed by atoms with Gasteiger partial charge in [-0.05, 0) is 31.0 Å². The van der Waals surface area contributed by atoms with E-state index in [1.807, 2.05) is 0 Å². The maximum Gasteiger partial charge on any atom is 0.243 e. The number of benzene rings is 1. The van der Waals surface area contributed by atoms with Gasteiger partial charge in [0, 0.05) is 25.4 Å². The van der Waals surface area contributed by atoms with E-state index in [4.69, 9.17) is 10.5 Å². The average Bonchev–Trinajstić information content (AvgIpc) is 2.53. The molecule has 1 aliphatic heterocycles. The van der Waals surface area contributed by atoms with Gasteiger partial charge in [0.15, 0.2) is 0 Å². The minimum Gasteiger partial charge on any atom is -0.381 e. The minimum atomic E-state index is -0.669. The Labute approximate surface area is 128 Å². The van der Waals surface area contributed by atoms with Gasteiger partial charge >= 0.3 is 0 Å². The van der Waals surface area contributed by atoms with Crippen molar-refractivity contribution in [3.8, 4) is 0 Å². The molecular formula is C15H20FN3O3. The zero-order valence-electron chi connectivity index (χ0n) is 12.2. The molecule has 7 heteroatoms. The van der Waals surface area contributed by atoms with E-state index in [2.05, 4.69) is 10.6 Å². The molecule has 1 saturated heterocycles. The number of carbonyl (C=O) groups is 2. The van der Waals surface area contributed by atoms with E-state index in [0.29, 0.717) is 31.7 Å². The number of nitrogens with one attached hydrogen (secondary N) is 2. The Bertz CT molecular complexity index is 545. The van der Waals surface area contributed by atoms with Crippen LogP contribution in [0.3, 0.4) is 0 Å². The highest BCUT2D eigenvalue weighted by molar-refractivity contribution is 5.95. The molecule has 0 unspecified atom stereocenters. The van der Waals surface area contributed by atoms with Crippen LogP contribution >= 0.6 is 0 Å². The molecule has 6 nitrogen and oxygen atoms in total. The molecule has 2 amide bonds. The number of nitrogens with two attached hydrogens (primary N) is 1. The minimum absolute atomic E-state index is 0.183. The molecule has 4 N–H and O–H groups in total. The SMILES string of the molecule is NCC1(C(=O)NCC(=O)Nc2cccc(F)c2)CCOCC1. The maximum atomic E-state index is 13.0. The van der Waals surface area contributed by atoms with Crippen molar-refractivity contribution in [1.82, 2.24) is 5.32 Å². The molecule has 0 atom stereocenters. The molecule has 1 aliphatic rings. The van der Waals surface area contributed by atoms with Crippen LogP contribution in [0.15, 0.2) is 24.3 Å². The predicted molar refractivity (Wildman–Crippen MR) is 79.6 cm³/mol. The molecule has 1 fully saturated rings. The number of hydrogen-bond acceptors (Lipinski definition) is 4. The van der Waals surface area contributed by atoms with Crippen molar-refractivity contribution in [1.29, 1.82) is 0 Å². The van der Waals surface area contributed by atoms with Crippen molar-refractivity contribution in [2.24, 2.45) is 11.1 Å². The van der Waals surface area contributed by atoms with Gasteiger partial charge in [-0.25, -0.2) is 4.39 Å². The van der Waals surface area contributed by atoms with Crippen molar-refractivity contribution < 1.29 is 18.7 Å². The van der Waals surface area contributed by atoms with Gasteiger partial charge in [0.05, 0.1) is 12.0 Å². The van der Waals surface area contributed by atoms with E-state index in [0.717, 1.165) is 0 Å². The summed E-state index contributed by atoms with van der Waals surface area (Å²) >= 11 is 0. The van der Waals surface area contributed by atoms with Gasteiger partial charge in [0.25, 0.3) is 0 Å². The first-order chi connectivity index (χ1) is 10.6. The van der Waals surface area contributed by atoms with Crippen molar-refractivity contribution in [3.05, 3.63) is 30.1 Å². The largest absolute Gasteiger partial charge is 0.381 e. The Hall–Kier alpha value is -1.99. The van der Waals surface area contributed by atoms with Gasteiger partial charge in [-0.2, -0.15) is 0 Å². The Kier molecular flexibility index (Phi) is 5.46. The summed E-state index contributed by atoms with van der Waals surface area (Å²) in [5, 5.41) is 5.12. The topological polar surface area (TPSA) is 93.5 Å². The third-order valence-electron chi connectivity index (χ3n) is 3.84. The zero-order chi connectivity index (χ0) is 16.0. The summed E-state index contributed by atoms with van der Waals surface area (Å²) in [5.41, 5.74) is 5.40. The van der Waals surface area contributed by atoms with Crippen LogP contribution in [0.1, 0.15) is 12.8 Å². The lowest BCUT2D eigenvalue weighted by atomic mass is 9.79. The number of rotatable bonds is 5. The molecule has 0 aromatic heterocycles. The second kappa shape index (κ2) is 7.33. The normalized spacial score (nSPS) is 16.8. The van der Waals surface area contributed by atoms with Gasteiger partial charge in [0.2, 0.25) is 11.8 Å². The third-order valence-corrected chi connectivity index (χ3v) is 3.84. The summed E-state index contributed by atoms with van der Waals surface area (Å²) in [6.07, 6.45) is 1.09. The summed E-state index contributed by atoms with van der Waals surface area (Å²) in [6.45, 7) is 1.01. The summed E-state index contributed by atoms with van der Waals surface area (Å²) < 4.78 is 18.3. The lowest BCUT2D eigenvalue weighted by Crippen LogP contribution is -2.50. The average molecular weight is 309 g/mol. The smallest absolute Gasteiger partial charge is 0.243 e. The third kappa shape index (κ3) is 4.02. The van der Waals surface area contributed by atoms with Crippen molar-refractivity contribution in [2.75, 3.05) is 31.6 Å². The molecule has 1 aromatic carbocycles. The maximum absolute atomic E-state index is 13.0. The van der Waals surface area contributed by atoms with Crippen LogP contribution in [-0.2, 0) is 14.3 Å². The molecule has 0 aliphatic carbocycles. The fraction of sp³-hybridized carbons (Fsp3) is 0.467. The monoisotopic (exact) mass is 309 g/mol. The molecule has 0 bridgehead atoms. The van der Waals surface area contributed by atoms with E-state index in [9.17, 15) is 14.0 Å². The standard InChI is InChI=1S/C15H20FN3O3/c16-11-2-1-3-12(8-11)19-13(20)9-18-14(21)15(10-17)4-6-22-7-5-15/h1-3,8H,4-7,9-10,17H2,(H,18,21)(H,19,20). The Balaban J connectivity index is 1.86. The van der Waals surface area contributed by atoms with E-state index < -0.39 is 17.1 Å².